The van der Waals surface area contributed by atoms with Crippen LogP contribution in [0.25, 0.3) is 22.6 Å². The van der Waals surface area contributed by atoms with Crippen LogP contribution in [0.2, 0.25) is 0 Å². The Morgan fingerprint density at radius 3 is 2.55 bits per heavy atom. The van der Waals surface area contributed by atoms with E-state index in [1.165, 1.54) is 23.2 Å². The molecule has 0 aliphatic heterocycles. The van der Waals surface area contributed by atoms with Gasteiger partial charge >= 0.3 is 0 Å². The highest BCUT2D eigenvalue weighted by molar-refractivity contribution is 7.90. The summed E-state index contributed by atoms with van der Waals surface area (Å²) in [6.45, 7) is 3.32. The van der Waals surface area contributed by atoms with Gasteiger partial charge in [-0.2, -0.15) is 0 Å². The largest absolute Gasteiger partial charge is 0.360 e. The van der Waals surface area contributed by atoms with Gasteiger partial charge < -0.3 is 5.32 Å². The van der Waals surface area contributed by atoms with Gasteiger partial charge in [-0.3, -0.25) is 14.3 Å². The van der Waals surface area contributed by atoms with Crippen LogP contribution in [0.15, 0.2) is 34.3 Å². The van der Waals surface area contributed by atoms with Crippen molar-refractivity contribution in [1.82, 2.24) is 34.5 Å². The number of aromatic nitrogens is 7. The van der Waals surface area contributed by atoms with Crippen molar-refractivity contribution in [2.75, 3.05) is 11.6 Å². The summed E-state index contributed by atoms with van der Waals surface area (Å²) in [6.07, 6.45) is 6.53. The van der Waals surface area contributed by atoms with Crippen LogP contribution >= 0.6 is 0 Å². The van der Waals surface area contributed by atoms with Crippen LogP contribution in [0.1, 0.15) is 54.9 Å². The van der Waals surface area contributed by atoms with Crippen molar-refractivity contribution >= 4 is 26.8 Å². The van der Waals surface area contributed by atoms with Gasteiger partial charge in [-0.15, -0.1) is 0 Å². The molecule has 5 rings (SSSR count). The predicted molar refractivity (Wildman–Crippen MR) is 139 cm³/mol. The first-order chi connectivity index (χ1) is 18.2. The SMILES string of the molecule is CCCn1c(=O)c(NCc2ccc(S(C)(=O)=O)cn2)nc2c(CF)nc(-c3c(C)ncnc3C3CC3)nc21. The molecule has 0 amide bonds. The molecule has 198 valence electrons. The molecule has 0 aromatic carbocycles. The molecule has 4 aromatic rings. The number of fused-ring (bicyclic) bond motifs is 1. The molecule has 0 saturated heterocycles. The molecule has 4 heterocycles. The smallest absolute Gasteiger partial charge is 0.294 e. The van der Waals surface area contributed by atoms with Gasteiger partial charge in [0.15, 0.2) is 27.1 Å². The fourth-order valence-corrected chi connectivity index (χ4v) is 4.83. The maximum atomic E-state index is 14.3. The number of hydrogen-bond acceptors (Lipinski definition) is 10. The zero-order valence-electron chi connectivity index (χ0n) is 21.3. The number of sulfone groups is 1. The van der Waals surface area contributed by atoms with Gasteiger partial charge in [0.2, 0.25) is 0 Å². The van der Waals surface area contributed by atoms with Crippen LogP contribution in [-0.4, -0.2) is 49.1 Å². The first-order valence-corrected chi connectivity index (χ1v) is 14.2. The average Bonchev–Trinajstić information content (AvgIpc) is 3.74. The van der Waals surface area contributed by atoms with E-state index in [0.29, 0.717) is 35.8 Å². The summed E-state index contributed by atoms with van der Waals surface area (Å²) in [5.74, 6) is 0.582. The lowest BCUT2D eigenvalue weighted by Gasteiger charge is -2.15. The molecule has 0 bridgehead atoms. The van der Waals surface area contributed by atoms with Gasteiger partial charge in [0.05, 0.1) is 34.1 Å². The Balaban J connectivity index is 1.59. The van der Waals surface area contributed by atoms with Gasteiger partial charge in [0.1, 0.15) is 24.2 Å². The standard InChI is InChI=1S/C25H27FN8O3S/c1-4-9-34-24-21(32-23(25(34)35)28-11-16-7-8-17(12-27-16)38(3,36)37)18(10-26)31-22(33-24)19-14(2)29-13-30-20(19)15-5-6-15/h7-8,12-13,15H,4-6,9-11H2,1-3H3,(H,28,32). The monoisotopic (exact) mass is 538 g/mol. The highest BCUT2D eigenvalue weighted by atomic mass is 32.2. The van der Waals surface area contributed by atoms with Crippen LogP contribution < -0.4 is 10.9 Å². The summed E-state index contributed by atoms with van der Waals surface area (Å²) >= 11 is 0. The maximum Gasteiger partial charge on any atom is 0.294 e. The van der Waals surface area contributed by atoms with E-state index < -0.39 is 22.1 Å². The van der Waals surface area contributed by atoms with Crippen LogP contribution in [0.4, 0.5) is 10.2 Å². The van der Waals surface area contributed by atoms with Crippen LogP contribution in [0.5, 0.6) is 0 Å². The van der Waals surface area contributed by atoms with E-state index in [1.807, 2.05) is 13.8 Å². The molecule has 0 spiro atoms. The van der Waals surface area contributed by atoms with Crippen molar-refractivity contribution in [3.63, 3.8) is 0 Å². The second-order valence-corrected chi connectivity index (χ2v) is 11.3. The number of pyridine rings is 1. The van der Waals surface area contributed by atoms with Crippen LogP contribution in [0, 0.1) is 6.92 Å². The first kappa shape index (κ1) is 25.8. The maximum absolute atomic E-state index is 14.3. The quantitative estimate of drug-likeness (QED) is 0.337. The Morgan fingerprint density at radius 1 is 1.13 bits per heavy atom. The molecular formula is C25H27FN8O3S. The highest BCUT2D eigenvalue weighted by Crippen LogP contribution is 2.43. The van der Waals surface area contributed by atoms with Crippen LogP contribution in [0.3, 0.4) is 0 Å². The van der Waals surface area contributed by atoms with Gasteiger partial charge in [-0.25, -0.2) is 37.7 Å². The minimum Gasteiger partial charge on any atom is -0.360 e. The van der Waals surface area contributed by atoms with E-state index >= 15 is 0 Å². The third kappa shape index (κ3) is 4.97. The fourth-order valence-electron chi connectivity index (χ4n) is 4.27. The van der Waals surface area contributed by atoms with Crippen molar-refractivity contribution in [2.45, 2.75) is 63.7 Å². The lowest BCUT2D eigenvalue weighted by molar-refractivity contribution is 0.478. The Hall–Kier alpha value is -3.87. The molecule has 1 N–H and O–H groups in total. The van der Waals surface area contributed by atoms with Gasteiger partial charge in [0.25, 0.3) is 5.56 Å². The number of hydrogen-bond donors (Lipinski definition) is 1. The van der Waals surface area contributed by atoms with Gasteiger partial charge in [0, 0.05) is 24.9 Å². The van der Waals surface area contributed by atoms with E-state index in [4.69, 9.17) is 4.98 Å². The minimum atomic E-state index is -3.37. The Labute approximate surface area is 218 Å². The van der Waals surface area contributed by atoms with Crippen molar-refractivity contribution < 1.29 is 12.8 Å². The average molecular weight is 539 g/mol. The van der Waals surface area contributed by atoms with E-state index in [2.05, 4.69) is 30.2 Å². The summed E-state index contributed by atoms with van der Waals surface area (Å²) < 4.78 is 39.2. The molecule has 0 radical (unpaired) electrons. The summed E-state index contributed by atoms with van der Waals surface area (Å²) in [7, 11) is -3.37. The second-order valence-electron chi connectivity index (χ2n) is 9.32. The number of anilines is 1. The molecule has 38 heavy (non-hydrogen) atoms. The van der Waals surface area contributed by atoms with Crippen molar-refractivity contribution in [1.29, 1.82) is 0 Å². The van der Waals surface area contributed by atoms with Gasteiger partial charge in [-0.05, 0) is 38.3 Å². The molecule has 0 atom stereocenters. The number of halogens is 1. The Bertz CT molecular complexity index is 1690. The number of aryl methyl sites for hydroxylation is 2. The van der Waals surface area contributed by atoms with E-state index in [0.717, 1.165) is 24.8 Å². The number of nitrogens with one attached hydrogen (secondary N) is 1. The fraction of sp³-hybridized carbons (Fsp3) is 0.400. The number of rotatable bonds is 9. The van der Waals surface area contributed by atoms with Crippen LogP contribution in [-0.2, 0) is 29.6 Å². The molecule has 1 aliphatic rings. The Kier molecular flexibility index (Phi) is 6.86. The Morgan fingerprint density at radius 2 is 1.92 bits per heavy atom. The van der Waals surface area contributed by atoms with Gasteiger partial charge in [-0.1, -0.05) is 6.92 Å². The third-order valence-corrected chi connectivity index (χ3v) is 7.45. The molecule has 1 saturated carbocycles. The molecular weight excluding hydrogens is 511 g/mol. The first-order valence-electron chi connectivity index (χ1n) is 12.3. The lowest BCUT2D eigenvalue weighted by Crippen LogP contribution is -2.27. The third-order valence-electron chi connectivity index (χ3n) is 6.36. The zero-order chi connectivity index (χ0) is 27.0. The van der Waals surface area contributed by atoms with E-state index in [9.17, 15) is 17.6 Å². The zero-order valence-corrected chi connectivity index (χ0v) is 22.1. The summed E-state index contributed by atoms with van der Waals surface area (Å²) in [5, 5.41) is 2.96. The summed E-state index contributed by atoms with van der Waals surface area (Å²) in [4.78, 5) is 40.1. The predicted octanol–water partition coefficient (Wildman–Crippen LogP) is 3.12. The van der Waals surface area contributed by atoms with Crippen molar-refractivity contribution in [2.24, 2.45) is 0 Å². The number of alkyl halides is 1. The van der Waals surface area contributed by atoms with Crippen molar-refractivity contribution in [3.05, 3.63) is 57.8 Å². The topological polar surface area (TPSA) is 146 Å². The van der Waals surface area contributed by atoms with Crippen molar-refractivity contribution in [3.8, 4) is 11.4 Å². The molecule has 11 nitrogen and oxygen atoms in total. The molecule has 0 unspecified atom stereocenters. The lowest BCUT2D eigenvalue weighted by atomic mass is 10.1. The second kappa shape index (κ2) is 10.1. The highest BCUT2D eigenvalue weighted by Gasteiger charge is 2.30. The normalized spacial score (nSPS) is 13.7. The minimum absolute atomic E-state index is 0.00360. The summed E-state index contributed by atoms with van der Waals surface area (Å²) in [6, 6.07) is 3.00. The molecule has 1 aliphatic carbocycles. The van der Waals surface area contributed by atoms with E-state index in [1.54, 1.807) is 6.07 Å². The molecule has 13 heteroatoms. The molecule has 4 aromatic heterocycles. The van der Waals surface area contributed by atoms with E-state index in [-0.39, 0.29) is 39.9 Å². The summed E-state index contributed by atoms with van der Waals surface area (Å²) in [5.41, 5.74) is 2.81. The molecule has 1 fully saturated rings. The number of nitrogens with zero attached hydrogens (tertiary/aromatic N) is 7.